The number of amides is 1. The average molecular weight is 379 g/mol. The fraction of sp³-hybridized carbons (Fsp3) is 0.200. The monoisotopic (exact) mass is 379 g/mol. The van der Waals surface area contributed by atoms with Crippen LogP contribution in [-0.4, -0.2) is 28.4 Å². The van der Waals surface area contributed by atoms with Crippen LogP contribution in [0.5, 0.6) is 0 Å². The molecule has 0 bridgehead atoms. The van der Waals surface area contributed by atoms with E-state index in [4.69, 9.17) is 0 Å². The number of hydrogen-bond acceptors (Lipinski definition) is 4. The summed E-state index contributed by atoms with van der Waals surface area (Å²) >= 11 is 0. The van der Waals surface area contributed by atoms with Crippen LogP contribution in [0.1, 0.15) is 33.7 Å². The van der Waals surface area contributed by atoms with Gasteiger partial charge in [0.2, 0.25) is 0 Å². The van der Waals surface area contributed by atoms with Crippen molar-refractivity contribution in [2.24, 2.45) is 0 Å². The number of para-hydroxylation sites is 1. The second-order valence-electron chi connectivity index (χ2n) is 6.79. The molecule has 2 aliphatic rings. The fourth-order valence-electron chi connectivity index (χ4n) is 3.95. The summed E-state index contributed by atoms with van der Waals surface area (Å²) in [4.78, 5) is 12.8. The first-order valence-electron chi connectivity index (χ1n) is 8.88. The molecule has 3 aromatic rings. The molecule has 0 N–H and O–H groups in total. The van der Waals surface area contributed by atoms with E-state index in [0.29, 0.717) is 5.69 Å². The van der Waals surface area contributed by atoms with Gasteiger partial charge in [-0.05, 0) is 49.1 Å². The molecule has 1 aliphatic heterocycles. The molecule has 0 radical (unpaired) electrons. The molecule has 0 saturated heterocycles. The van der Waals surface area contributed by atoms with Crippen molar-refractivity contribution in [2.45, 2.75) is 30.7 Å². The van der Waals surface area contributed by atoms with Crippen LogP contribution in [0.4, 0.5) is 0 Å². The summed E-state index contributed by atoms with van der Waals surface area (Å²) in [5.74, 6) is -0.480. The molecule has 2 aromatic carbocycles. The van der Waals surface area contributed by atoms with Crippen molar-refractivity contribution in [3.63, 3.8) is 0 Å². The van der Waals surface area contributed by atoms with Gasteiger partial charge in [0.25, 0.3) is 15.9 Å². The number of hydrogen-bond donors (Lipinski definition) is 0. The summed E-state index contributed by atoms with van der Waals surface area (Å²) in [5.41, 5.74) is 4.02. The number of nitrogens with zero attached hydrogens (tertiary/aromatic N) is 3. The van der Waals surface area contributed by atoms with E-state index in [-0.39, 0.29) is 17.0 Å². The average Bonchev–Trinajstić information content (AvgIpc) is 3.33. The Hall–Kier alpha value is -2.93. The van der Waals surface area contributed by atoms with Crippen molar-refractivity contribution < 1.29 is 13.2 Å². The van der Waals surface area contributed by atoms with Crippen LogP contribution in [0, 0.1) is 0 Å². The predicted octanol–water partition coefficient (Wildman–Crippen LogP) is 2.71. The summed E-state index contributed by atoms with van der Waals surface area (Å²) in [5, 5.41) is 4.69. The van der Waals surface area contributed by atoms with Gasteiger partial charge in [0.05, 0.1) is 23.5 Å². The van der Waals surface area contributed by atoms with E-state index >= 15 is 0 Å². The van der Waals surface area contributed by atoms with E-state index in [0.717, 1.165) is 40.5 Å². The molecule has 0 fully saturated rings. The zero-order chi connectivity index (χ0) is 18.6. The second kappa shape index (κ2) is 5.79. The molecule has 7 heteroatoms. The summed E-state index contributed by atoms with van der Waals surface area (Å²) in [6.07, 6.45) is 2.76. The van der Waals surface area contributed by atoms with Crippen molar-refractivity contribution in [2.75, 3.05) is 0 Å². The Morgan fingerprint density at radius 3 is 2.48 bits per heavy atom. The molecule has 1 amide bonds. The number of benzene rings is 2. The standard InChI is InChI=1S/C20H17N3O3S/c24-20-16-9-4-5-12-19(16)27(25,26)22(20)13-17-15-10-6-11-18(15)23(21-17)14-7-2-1-3-8-14/h1-5,7-9,12H,6,10-11,13H2. The highest BCUT2D eigenvalue weighted by Gasteiger charge is 2.42. The molecule has 0 unspecified atom stereocenters. The normalized spacial score (nSPS) is 17.2. The van der Waals surface area contributed by atoms with Gasteiger partial charge in [0, 0.05) is 5.69 Å². The first-order chi connectivity index (χ1) is 13.1. The van der Waals surface area contributed by atoms with Crippen LogP contribution >= 0.6 is 0 Å². The van der Waals surface area contributed by atoms with Crippen molar-refractivity contribution in [3.05, 3.63) is 77.1 Å². The molecule has 6 nitrogen and oxygen atoms in total. The minimum Gasteiger partial charge on any atom is -0.268 e. The Kier molecular flexibility index (Phi) is 3.48. The third kappa shape index (κ3) is 2.35. The zero-order valence-corrected chi connectivity index (χ0v) is 15.3. The minimum atomic E-state index is -3.83. The SMILES string of the molecule is O=C1c2ccccc2S(=O)(=O)N1Cc1nn(-c2ccccc2)c2c1CCC2. The number of aromatic nitrogens is 2. The highest BCUT2D eigenvalue weighted by atomic mass is 32.2. The Bertz CT molecular complexity index is 1170. The van der Waals surface area contributed by atoms with Crippen molar-refractivity contribution in [3.8, 4) is 5.69 Å². The molecule has 1 aromatic heterocycles. The molecule has 27 heavy (non-hydrogen) atoms. The van der Waals surface area contributed by atoms with Gasteiger partial charge in [-0.15, -0.1) is 0 Å². The van der Waals surface area contributed by atoms with E-state index in [1.54, 1.807) is 18.2 Å². The van der Waals surface area contributed by atoms with Gasteiger partial charge < -0.3 is 0 Å². The van der Waals surface area contributed by atoms with Crippen LogP contribution in [-0.2, 0) is 29.4 Å². The molecule has 2 heterocycles. The van der Waals surface area contributed by atoms with Gasteiger partial charge >= 0.3 is 0 Å². The lowest BCUT2D eigenvalue weighted by atomic mass is 10.2. The number of carbonyl (C=O) groups is 1. The molecule has 136 valence electrons. The summed E-state index contributed by atoms with van der Waals surface area (Å²) < 4.78 is 28.5. The fourth-order valence-corrected chi connectivity index (χ4v) is 5.48. The predicted molar refractivity (Wildman–Crippen MR) is 99.1 cm³/mol. The quantitative estimate of drug-likeness (QED) is 0.701. The maximum Gasteiger partial charge on any atom is 0.269 e. The molecule has 5 rings (SSSR count). The Balaban J connectivity index is 1.57. The van der Waals surface area contributed by atoms with Crippen LogP contribution in [0.15, 0.2) is 59.5 Å². The molecule has 0 saturated carbocycles. The van der Waals surface area contributed by atoms with E-state index in [2.05, 4.69) is 5.10 Å². The van der Waals surface area contributed by atoms with Crippen LogP contribution in [0.2, 0.25) is 0 Å². The lowest BCUT2D eigenvalue weighted by Crippen LogP contribution is -2.30. The third-order valence-corrected chi connectivity index (χ3v) is 7.01. The Morgan fingerprint density at radius 1 is 0.963 bits per heavy atom. The molecule has 0 spiro atoms. The molecular formula is C20H17N3O3S. The smallest absolute Gasteiger partial charge is 0.268 e. The van der Waals surface area contributed by atoms with E-state index in [1.165, 1.54) is 6.07 Å². The maximum absolute atomic E-state index is 12.8. The summed E-state index contributed by atoms with van der Waals surface area (Å²) in [6.45, 7) is -0.0297. The summed E-state index contributed by atoms with van der Waals surface area (Å²) in [7, 11) is -3.83. The number of fused-ring (bicyclic) bond motifs is 2. The number of carbonyl (C=O) groups excluding carboxylic acids is 1. The van der Waals surface area contributed by atoms with Gasteiger partial charge in [-0.25, -0.2) is 17.4 Å². The van der Waals surface area contributed by atoms with Crippen molar-refractivity contribution >= 4 is 15.9 Å². The zero-order valence-electron chi connectivity index (χ0n) is 14.5. The van der Waals surface area contributed by atoms with Gasteiger partial charge in [-0.3, -0.25) is 4.79 Å². The summed E-state index contributed by atoms with van der Waals surface area (Å²) in [6, 6.07) is 16.1. The number of sulfonamides is 1. The topological polar surface area (TPSA) is 72.3 Å². The van der Waals surface area contributed by atoms with Crippen LogP contribution in [0.3, 0.4) is 0 Å². The van der Waals surface area contributed by atoms with Gasteiger partial charge in [0.15, 0.2) is 0 Å². The van der Waals surface area contributed by atoms with Crippen LogP contribution in [0.25, 0.3) is 5.69 Å². The Labute approximate surface area is 157 Å². The first-order valence-corrected chi connectivity index (χ1v) is 10.3. The maximum atomic E-state index is 12.8. The van der Waals surface area contributed by atoms with E-state index in [9.17, 15) is 13.2 Å². The number of rotatable bonds is 3. The molecule has 1 aliphatic carbocycles. The second-order valence-corrected chi connectivity index (χ2v) is 8.62. The van der Waals surface area contributed by atoms with Gasteiger partial charge in [-0.1, -0.05) is 30.3 Å². The van der Waals surface area contributed by atoms with Gasteiger partial charge in [-0.2, -0.15) is 5.10 Å². The van der Waals surface area contributed by atoms with Crippen molar-refractivity contribution in [1.82, 2.24) is 14.1 Å². The molecular weight excluding hydrogens is 362 g/mol. The highest BCUT2D eigenvalue weighted by molar-refractivity contribution is 7.90. The van der Waals surface area contributed by atoms with E-state index < -0.39 is 15.9 Å². The largest absolute Gasteiger partial charge is 0.269 e. The lowest BCUT2D eigenvalue weighted by molar-refractivity contribution is 0.0863. The van der Waals surface area contributed by atoms with E-state index in [1.807, 2.05) is 35.0 Å². The first kappa shape index (κ1) is 16.3. The van der Waals surface area contributed by atoms with Crippen LogP contribution < -0.4 is 0 Å². The Morgan fingerprint density at radius 2 is 1.70 bits per heavy atom. The molecule has 0 atom stereocenters. The van der Waals surface area contributed by atoms with Gasteiger partial charge in [0.1, 0.15) is 4.90 Å². The third-order valence-electron chi connectivity index (χ3n) is 5.22. The minimum absolute atomic E-state index is 0.0297. The highest BCUT2D eigenvalue weighted by Crippen LogP contribution is 2.34. The lowest BCUT2D eigenvalue weighted by Gasteiger charge is -2.14. The van der Waals surface area contributed by atoms with Crippen molar-refractivity contribution in [1.29, 1.82) is 0 Å².